The van der Waals surface area contributed by atoms with Crippen molar-refractivity contribution < 1.29 is 19.5 Å². The first-order chi connectivity index (χ1) is 18.0. The molecule has 0 radical (unpaired) electrons. The SMILES string of the molecule is CC(C)(C)CC(=O)N1C(c2ccc(C#N)cc2)C(C(=O)c2ccccc2)C(c2ccccc2)C1(C)C(=O)O. The Bertz CT molecular complexity index is 1370. The van der Waals surface area contributed by atoms with Gasteiger partial charge in [-0.05, 0) is 35.6 Å². The first kappa shape index (κ1) is 26.8. The van der Waals surface area contributed by atoms with Gasteiger partial charge >= 0.3 is 5.97 Å². The molecule has 3 aromatic carbocycles. The Labute approximate surface area is 223 Å². The van der Waals surface area contributed by atoms with Crippen LogP contribution in [-0.4, -0.2) is 33.2 Å². The number of ketones is 1. The number of nitriles is 1. The average Bonchev–Trinajstić information content (AvgIpc) is 3.18. The Morgan fingerprint density at radius 3 is 1.95 bits per heavy atom. The summed E-state index contributed by atoms with van der Waals surface area (Å²) >= 11 is 0. The number of benzene rings is 3. The van der Waals surface area contributed by atoms with Crippen molar-refractivity contribution in [1.29, 1.82) is 5.26 Å². The minimum atomic E-state index is -1.71. The number of carboxylic acids is 1. The number of rotatable bonds is 6. The molecule has 1 N–H and O–H groups in total. The van der Waals surface area contributed by atoms with Crippen molar-refractivity contribution in [2.24, 2.45) is 11.3 Å². The van der Waals surface area contributed by atoms with E-state index in [2.05, 4.69) is 6.07 Å². The minimum absolute atomic E-state index is 0.108. The Balaban J connectivity index is 2.04. The number of carbonyl (C=O) groups excluding carboxylic acids is 2. The zero-order valence-electron chi connectivity index (χ0n) is 22.1. The summed E-state index contributed by atoms with van der Waals surface area (Å²) in [5, 5.41) is 20.1. The monoisotopic (exact) mass is 508 g/mol. The molecule has 1 saturated heterocycles. The molecule has 4 rings (SSSR count). The van der Waals surface area contributed by atoms with Gasteiger partial charge in [-0.15, -0.1) is 0 Å². The Morgan fingerprint density at radius 2 is 1.45 bits per heavy atom. The number of carboxylic acid groups (broad SMARTS) is 1. The fourth-order valence-corrected chi connectivity index (χ4v) is 5.71. The van der Waals surface area contributed by atoms with E-state index < -0.39 is 34.8 Å². The summed E-state index contributed by atoms with van der Waals surface area (Å²) in [5.41, 5.74) is 0.0657. The van der Waals surface area contributed by atoms with Crippen LogP contribution in [0.2, 0.25) is 0 Å². The lowest BCUT2D eigenvalue weighted by atomic mass is 9.71. The van der Waals surface area contributed by atoms with Gasteiger partial charge in [0.05, 0.1) is 23.6 Å². The highest BCUT2D eigenvalue weighted by atomic mass is 16.4. The number of aliphatic carboxylic acids is 1. The van der Waals surface area contributed by atoms with Gasteiger partial charge in [0, 0.05) is 17.9 Å². The van der Waals surface area contributed by atoms with Crippen molar-refractivity contribution in [3.05, 3.63) is 107 Å². The molecule has 3 aromatic rings. The van der Waals surface area contributed by atoms with E-state index in [1.165, 1.54) is 4.90 Å². The lowest BCUT2D eigenvalue weighted by molar-refractivity contribution is -0.158. The van der Waals surface area contributed by atoms with Crippen LogP contribution in [0.25, 0.3) is 0 Å². The van der Waals surface area contributed by atoms with Gasteiger partial charge in [0.15, 0.2) is 5.78 Å². The summed E-state index contributed by atoms with van der Waals surface area (Å²) < 4.78 is 0. The zero-order valence-corrected chi connectivity index (χ0v) is 22.1. The van der Waals surface area contributed by atoms with E-state index in [1.807, 2.05) is 57.2 Å². The molecule has 4 unspecified atom stereocenters. The lowest BCUT2D eigenvalue weighted by Crippen LogP contribution is -2.54. The molecule has 0 spiro atoms. The molecule has 194 valence electrons. The van der Waals surface area contributed by atoms with Crippen molar-refractivity contribution in [3.63, 3.8) is 0 Å². The highest BCUT2D eigenvalue weighted by Crippen LogP contribution is 2.57. The average molecular weight is 509 g/mol. The molecule has 1 amide bonds. The van der Waals surface area contributed by atoms with E-state index in [1.54, 1.807) is 55.5 Å². The summed E-state index contributed by atoms with van der Waals surface area (Å²) in [7, 11) is 0. The van der Waals surface area contributed by atoms with Crippen molar-refractivity contribution >= 4 is 17.7 Å². The quantitative estimate of drug-likeness (QED) is 0.412. The van der Waals surface area contributed by atoms with Crippen molar-refractivity contribution in [3.8, 4) is 6.07 Å². The van der Waals surface area contributed by atoms with Crippen molar-refractivity contribution in [2.75, 3.05) is 0 Å². The molecule has 38 heavy (non-hydrogen) atoms. The molecule has 0 bridgehead atoms. The van der Waals surface area contributed by atoms with E-state index in [0.717, 1.165) is 0 Å². The van der Waals surface area contributed by atoms with Crippen LogP contribution in [0.15, 0.2) is 84.9 Å². The highest BCUT2D eigenvalue weighted by molar-refractivity contribution is 6.02. The van der Waals surface area contributed by atoms with Gasteiger partial charge in [-0.1, -0.05) is 93.6 Å². The summed E-state index contributed by atoms with van der Waals surface area (Å²) in [4.78, 5) is 43.0. The van der Waals surface area contributed by atoms with Gasteiger partial charge in [-0.2, -0.15) is 5.26 Å². The maximum Gasteiger partial charge on any atom is 0.330 e. The maximum absolute atomic E-state index is 14.3. The number of nitrogens with zero attached hydrogens (tertiary/aromatic N) is 2. The van der Waals surface area contributed by atoms with Gasteiger partial charge in [0.25, 0.3) is 0 Å². The van der Waals surface area contributed by atoms with Crippen LogP contribution in [0.1, 0.15) is 73.1 Å². The molecule has 1 aliphatic rings. The van der Waals surface area contributed by atoms with E-state index in [0.29, 0.717) is 22.3 Å². The van der Waals surface area contributed by atoms with Gasteiger partial charge in [-0.3, -0.25) is 9.59 Å². The lowest BCUT2D eigenvalue weighted by Gasteiger charge is -2.39. The summed E-state index contributed by atoms with van der Waals surface area (Å²) in [5.74, 6) is -3.43. The minimum Gasteiger partial charge on any atom is -0.479 e. The molecule has 1 heterocycles. The third-order valence-electron chi connectivity index (χ3n) is 7.37. The first-order valence-corrected chi connectivity index (χ1v) is 12.7. The summed E-state index contributed by atoms with van der Waals surface area (Å²) in [6.45, 7) is 7.34. The second kappa shape index (κ2) is 10.3. The Kier molecular flexibility index (Phi) is 7.24. The van der Waals surface area contributed by atoms with E-state index in [9.17, 15) is 24.8 Å². The van der Waals surface area contributed by atoms with Crippen LogP contribution in [0, 0.1) is 22.7 Å². The first-order valence-electron chi connectivity index (χ1n) is 12.7. The topological polar surface area (TPSA) is 98.5 Å². The zero-order chi connectivity index (χ0) is 27.7. The van der Waals surface area contributed by atoms with E-state index in [4.69, 9.17) is 0 Å². The molecular weight excluding hydrogens is 476 g/mol. The van der Waals surface area contributed by atoms with Crippen molar-refractivity contribution in [1.82, 2.24) is 4.90 Å². The molecule has 0 aliphatic carbocycles. The molecule has 0 aromatic heterocycles. The number of hydrogen-bond donors (Lipinski definition) is 1. The van der Waals surface area contributed by atoms with E-state index >= 15 is 0 Å². The number of amides is 1. The van der Waals surface area contributed by atoms with Gasteiger partial charge in [-0.25, -0.2) is 4.79 Å². The van der Waals surface area contributed by atoms with Crippen molar-refractivity contribution in [2.45, 2.75) is 51.6 Å². The van der Waals surface area contributed by atoms with Crippen LogP contribution < -0.4 is 0 Å². The normalized spacial score (nSPS) is 23.0. The highest BCUT2D eigenvalue weighted by Gasteiger charge is 2.64. The largest absolute Gasteiger partial charge is 0.479 e. The molecule has 1 aliphatic heterocycles. The maximum atomic E-state index is 14.3. The van der Waals surface area contributed by atoms with Gasteiger partial charge in [0.2, 0.25) is 5.91 Å². The Morgan fingerprint density at radius 1 is 0.895 bits per heavy atom. The Hall–Kier alpha value is -4.24. The predicted molar refractivity (Wildman–Crippen MR) is 144 cm³/mol. The third kappa shape index (κ3) is 4.84. The van der Waals surface area contributed by atoms with Crippen LogP contribution in [0.5, 0.6) is 0 Å². The number of hydrogen-bond acceptors (Lipinski definition) is 4. The van der Waals surface area contributed by atoms with Crippen LogP contribution >= 0.6 is 0 Å². The van der Waals surface area contributed by atoms with E-state index in [-0.39, 0.29) is 18.1 Å². The molecule has 6 heteroatoms. The fraction of sp³-hybridized carbons (Fsp3) is 0.312. The van der Waals surface area contributed by atoms with Gasteiger partial charge < -0.3 is 10.0 Å². The predicted octanol–water partition coefficient (Wildman–Crippen LogP) is 6.00. The number of carbonyl (C=O) groups is 3. The molecule has 0 saturated carbocycles. The third-order valence-corrected chi connectivity index (χ3v) is 7.37. The number of Topliss-reactive ketones (excluding diaryl/α,β-unsaturated/α-hetero) is 1. The summed E-state index contributed by atoms with van der Waals surface area (Å²) in [6, 6.07) is 25.9. The molecule has 4 atom stereocenters. The van der Waals surface area contributed by atoms with Gasteiger partial charge in [0.1, 0.15) is 5.54 Å². The fourth-order valence-electron chi connectivity index (χ4n) is 5.71. The standard InChI is InChI=1S/C32H32N2O4/c1-31(2,3)19-25(35)34-28(23-17-15-21(20-33)16-18-23)26(29(36)24-13-9-6-10-14-24)27(32(34,4)30(37)38)22-11-7-5-8-12-22/h5-18,26-28H,19H2,1-4H3,(H,37,38). The number of likely N-dealkylation sites (tertiary alicyclic amines) is 1. The molecule has 6 nitrogen and oxygen atoms in total. The van der Waals surface area contributed by atoms with Crippen LogP contribution in [0.4, 0.5) is 0 Å². The molecular formula is C32H32N2O4. The van der Waals surface area contributed by atoms with Crippen LogP contribution in [0.3, 0.4) is 0 Å². The second-order valence-electron chi connectivity index (χ2n) is 11.3. The van der Waals surface area contributed by atoms with Crippen LogP contribution in [-0.2, 0) is 9.59 Å². The second-order valence-corrected chi connectivity index (χ2v) is 11.3. The molecule has 1 fully saturated rings. The summed E-state index contributed by atoms with van der Waals surface area (Å²) in [6.07, 6.45) is 0.108. The smallest absolute Gasteiger partial charge is 0.330 e.